The van der Waals surface area contributed by atoms with Crippen molar-refractivity contribution in [3.63, 3.8) is 0 Å². The molecule has 1 unspecified atom stereocenters. The second-order valence-corrected chi connectivity index (χ2v) is 5.92. The summed E-state index contributed by atoms with van der Waals surface area (Å²) >= 11 is 1.67. The summed E-state index contributed by atoms with van der Waals surface area (Å²) < 4.78 is 0. The van der Waals surface area contributed by atoms with Gasteiger partial charge in [0.15, 0.2) is 0 Å². The Hall–Kier alpha value is -2.04. The number of benzene rings is 2. The zero-order chi connectivity index (χ0) is 14.5. The molecule has 1 atom stereocenters. The highest BCUT2D eigenvalue weighted by atomic mass is 32.1. The van der Waals surface area contributed by atoms with Crippen LogP contribution in [0.15, 0.2) is 60.7 Å². The van der Waals surface area contributed by atoms with Gasteiger partial charge in [0.2, 0.25) is 0 Å². The van der Waals surface area contributed by atoms with Gasteiger partial charge in [-0.05, 0) is 18.2 Å². The maximum absolute atomic E-state index is 4.37. The summed E-state index contributed by atoms with van der Waals surface area (Å²) in [6.45, 7) is 0. The second kappa shape index (κ2) is 6.61. The number of nitrogens with zero attached hydrogens (tertiary/aromatic N) is 2. The largest absolute Gasteiger partial charge is 0.307 e. The first kappa shape index (κ1) is 13.9. The van der Waals surface area contributed by atoms with Crippen molar-refractivity contribution in [2.75, 3.05) is 7.05 Å². The van der Waals surface area contributed by atoms with E-state index in [1.165, 1.54) is 11.1 Å². The topological polar surface area (TPSA) is 37.8 Å². The minimum Gasteiger partial charge on any atom is -0.307 e. The normalized spacial score (nSPS) is 12.2. The third kappa shape index (κ3) is 3.35. The Kier molecular flexibility index (Phi) is 4.38. The van der Waals surface area contributed by atoms with E-state index in [9.17, 15) is 0 Å². The highest BCUT2D eigenvalue weighted by molar-refractivity contribution is 7.11. The van der Waals surface area contributed by atoms with Crippen LogP contribution in [-0.4, -0.2) is 17.2 Å². The molecule has 0 bridgehead atoms. The van der Waals surface area contributed by atoms with Crippen LogP contribution in [0.1, 0.15) is 27.2 Å². The molecule has 21 heavy (non-hydrogen) atoms. The lowest BCUT2D eigenvalue weighted by Crippen LogP contribution is -2.17. The molecular weight excluding hydrogens is 278 g/mol. The summed E-state index contributed by atoms with van der Waals surface area (Å²) in [5, 5.41) is 14.1. The van der Waals surface area contributed by atoms with Crippen molar-refractivity contribution < 1.29 is 0 Å². The Morgan fingerprint density at radius 2 is 1.62 bits per heavy atom. The maximum atomic E-state index is 4.37. The standard InChI is InChI=1S/C17H17N3S/c1-18-16(14-10-6-3-7-11-14)17-20-19-15(21-17)12-13-8-4-2-5-9-13/h2-11,16,18H,12H2,1H3. The lowest BCUT2D eigenvalue weighted by Gasteiger charge is -2.12. The number of nitrogens with one attached hydrogen (secondary N) is 1. The van der Waals surface area contributed by atoms with Crippen molar-refractivity contribution in [2.24, 2.45) is 0 Å². The van der Waals surface area contributed by atoms with E-state index in [0.29, 0.717) is 0 Å². The van der Waals surface area contributed by atoms with E-state index in [4.69, 9.17) is 0 Å². The maximum Gasteiger partial charge on any atom is 0.139 e. The zero-order valence-corrected chi connectivity index (χ0v) is 12.7. The van der Waals surface area contributed by atoms with Crippen LogP contribution in [0.5, 0.6) is 0 Å². The molecule has 1 heterocycles. The summed E-state index contributed by atoms with van der Waals surface area (Å²) in [5.74, 6) is 0. The van der Waals surface area contributed by atoms with Gasteiger partial charge in [-0.3, -0.25) is 0 Å². The fourth-order valence-electron chi connectivity index (χ4n) is 2.30. The van der Waals surface area contributed by atoms with Gasteiger partial charge < -0.3 is 5.32 Å². The molecule has 1 aromatic heterocycles. The van der Waals surface area contributed by atoms with E-state index in [-0.39, 0.29) is 6.04 Å². The summed E-state index contributed by atoms with van der Waals surface area (Å²) in [4.78, 5) is 0. The Labute approximate surface area is 128 Å². The van der Waals surface area contributed by atoms with Gasteiger partial charge in [-0.1, -0.05) is 72.0 Å². The number of hydrogen-bond donors (Lipinski definition) is 1. The van der Waals surface area contributed by atoms with Crippen LogP contribution in [0.4, 0.5) is 0 Å². The molecule has 3 aromatic rings. The van der Waals surface area contributed by atoms with Crippen molar-refractivity contribution in [2.45, 2.75) is 12.5 Å². The molecular formula is C17H17N3S. The van der Waals surface area contributed by atoms with Crippen LogP contribution < -0.4 is 5.32 Å². The van der Waals surface area contributed by atoms with Gasteiger partial charge in [0.05, 0.1) is 6.04 Å². The van der Waals surface area contributed by atoms with Crippen molar-refractivity contribution in [3.8, 4) is 0 Å². The van der Waals surface area contributed by atoms with Crippen molar-refractivity contribution >= 4 is 11.3 Å². The zero-order valence-electron chi connectivity index (χ0n) is 11.9. The molecule has 0 saturated heterocycles. The van der Waals surface area contributed by atoms with Gasteiger partial charge in [-0.25, -0.2) is 0 Å². The van der Waals surface area contributed by atoms with E-state index >= 15 is 0 Å². The van der Waals surface area contributed by atoms with E-state index in [1.807, 2.05) is 31.3 Å². The smallest absolute Gasteiger partial charge is 0.139 e. The van der Waals surface area contributed by atoms with Crippen LogP contribution in [0, 0.1) is 0 Å². The Bertz CT molecular complexity index is 680. The van der Waals surface area contributed by atoms with Gasteiger partial charge in [0.25, 0.3) is 0 Å². The highest BCUT2D eigenvalue weighted by Gasteiger charge is 2.16. The minimum atomic E-state index is 0.105. The van der Waals surface area contributed by atoms with Gasteiger partial charge >= 0.3 is 0 Å². The minimum absolute atomic E-state index is 0.105. The number of aromatic nitrogens is 2. The van der Waals surface area contributed by atoms with Gasteiger partial charge in [0, 0.05) is 6.42 Å². The summed E-state index contributed by atoms with van der Waals surface area (Å²) in [6.07, 6.45) is 0.837. The average Bonchev–Trinajstić information content (AvgIpc) is 2.98. The quantitative estimate of drug-likeness (QED) is 0.783. The van der Waals surface area contributed by atoms with E-state index in [0.717, 1.165) is 16.4 Å². The van der Waals surface area contributed by atoms with Crippen molar-refractivity contribution in [3.05, 3.63) is 81.8 Å². The second-order valence-electron chi connectivity index (χ2n) is 4.83. The molecule has 0 amide bonds. The molecule has 1 N–H and O–H groups in total. The number of hydrogen-bond acceptors (Lipinski definition) is 4. The summed E-state index contributed by atoms with van der Waals surface area (Å²) in [7, 11) is 1.95. The van der Waals surface area contributed by atoms with Gasteiger partial charge in [0.1, 0.15) is 10.0 Å². The third-order valence-electron chi connectivity index (χ3n) is 3.35. The van der Waals surface area contributed by atoms with Gasteiger partial charge in [-0.15, -0.1) is 10.2 Å². The lowest BCUT2D eigenvalue weighted by molar-refractivity contribution is 0.677. The molecule has 3 rings (SSSR count). The van der Waals surface area contributed by atoms with Crippen LogP contribution in [0.3, 0.4) is 0 Å². The summed E-state index contributed by atoms with van der Waals surface area (Å²) in [5.41, 5.74) is 2.48. The molecule has 3 nitrogen and oxygen atoms in total. The van der Waals surface area contributed by atoms with Crippen LogP contribution in [0.2, 0.25) is 0 Å². The fraction of sp³-hybridized carbons (Fsp3) is 0.176. The fourth-order valence-corrected chi connectivity index (χ4v) is 3.32. The Morgan fingerprint density at radius 1 is 0.952 bits per heavy atom. The number of rotatable bonds is 5. The first-order chi connectivity index (χ1) is 10.4. The van der Waals surface area contributed by atoms with Crippen LogP contribution in [-0.2, 0) is 6.42 Å². The van der Waals surface area contributed by atoms with Gasteiger partial charge in [-0.2, -0.15) is 0 Å². The van der Waals surface area contributed by atoms with Crippen molar-refractivity contribution in [1.29, 1.82) is 0 Å². The molecule has 4 heteroatoms. The first-order valence-electron chi connectivity index (χ1n) is 6.95. The van der Waals surface area contributed by atoms with E-state index in [2.05, 4.69) is 51.9 Å². The van der Waals surface area contributed by atoms with E-state index < -0.39 is 0 Å². The molecule has 0 radical (unpaired) electrons. The molecule has 0 saturated carbocycles. The summed E-state index contributed by atoms with van der Waals surface area (Å²) in [6, 6.07) is 20.8. The first-order valence-corrected chi connectivity index (χ1v) is 7.77. The Morgan fingerprint density at radius 3 is 2.29 bits per heavy atom. The molecule has 2 aromatic carbocycles. The SMILES string of the molecule is CNC(c1ccccc1)c1nnc(Cc2ccccc2)s1. The molecule has 0 spiro atoms. The van der Waals surface area contributed by atoms with Crippen molar-refractivity contribution in [1.82, 2.24) is 15.5 Å². The highest BCUT2D eigenvalue weighted by Crippen LogP contribution is 2.25. The Balaban J connectivity index is 1.80. The molecule has 0 aliphatic rings. The van der Waals surface area contributed by atoms with Crippen LogP contribution >= 0.6 is 11.3 Å². The molecule has 0 aliphatic heterocycles. The lowest BCUT2D eigenvalue weighted by atomic mass is 10.1. The van der Waals surface area contributed by atoms with E-state index in [1.54, 1.807) is 11.3 Å². The average molecular weight is 295 g/mol. The molecule has 0 fully saturated rings. The monoisotopic (exact) mass is 295 g/mol. The van der Waals surface area contributed by atoms with Crippen LogP contribution in [0.25, 0.3) is 0 Å². The predicted molar refractivity (Wildman–Crippen MR) is 86.5 cm³/mol. The molecule has 0 aliphatic carbocycles. The molecule has 106 valence electrons. The third-order valence-corrected chi connectivity index (χ3v) is 4.34. The predicted octanol–water partition coefficient (Wildman–Crippen LogP) is 3.44.